The number of aromatic nitrogens is 5. The molecule has 0 N–H and O–H groups in total. The summed E-state index contributed by atoms with van der Waals surface area (Å²) in [4.78, 5) is 8.73. The summed E-state index contributed by atoms with van der Waals surface area (Å²) in [5, 5.41) is 12.6. The van der Waals surface area contributed by atoms with Crippen LogP contribution in [0.3, 0.4) is 0 Å². The van der Waals surface area contributed by atoms with Gasteiger partial charge in [-0.2, -0.15) is 0 Å². The highest BCUT2D eigenvalue weighted by atomic mass is 32.2. The van der Waals surface area contributed by atoms with Crippen molar-refractivity contribution in [1.82, 2.24) is 24.7 Å². The fourth-order valence-corrected chi connectivity index (χ4v) is 4.35. The van der Waals surface area contributed by atoms with E-state index in [1.165, 1.54) is 0 Å². The summed E-state index contributed by atoms with van der Waals surface area (Å²) in [5.41, 5.74) is 2.03. The molecule has 0 saturated heterocycles. The highest BCUT2D eigenvalue weighted by Gasteiger charge is 2.14. The minimum absolute atomic E-state index is 0.741. The standard InChI is InChI=1S/C18H17N5OS2/c1-3-23-16(13-6-8-19-9-7-13)21-22-18(23)26-11-14-10-25-17(20-14)15-5-4-12(2)24-15/h4-10H,3,11H2,1-2H3. The van der Waals surface area contributed by atoms with Gasteiger partial charge in [0.15, 0.2) is 21.7 Å². The zero-order chi connectivity index (χ0) is 17.9. The number of hydrogen-bond donors (Lipinski definition) is 0. The van der Waals surface area contributed by atoms with Gasteiger partial charge in [0.25, 0.3) is 0 Å². The van der Waals surface area contributed by atoms with Crippen LogP contribution in [-0.2, 0) is 12.3 Å². The SMILES string of the molecule is CCn1c(SCc2csc(-c3ccc(C)o3)n2)nnc1-c1ccncc1. The second kappa shape index (κ2) is 7.43. The van der Waals surface area contributed by atoms with Crippen LogP contribution in [0, 0.1) is 6.92 Å². The van der Waals surface area contributed by atoms with E-state index in [2.05, 4.69) is 37.0 Å². The molecule has 6 nitrogen and oxygen atoms in total. The fourth-order valence-electron chi connectivity index (χ4n) is 2.57. The van der Waals surface area contributed by atoms with Gasteiger partial charge in [-0.1, -0.05) is 11.8 Å². The Morgan fingerprint density at radius 3 is 2.73 bits per heavy atom. The summed E-state index contributed by atoms with van der Waals surface area (Å²) in [6, 6.07) is 7.81. The Labute approximate surface area is 159 Å². The monoisotopic (exact) mass is 383 g/mol. The first-order chi connectivity index (χ1) is 12.7. The van der Waals surface area contributed by atoms with Crippen LogP contribution >= 0.6 is 23.1 Å². The van der Waals surface area contributed by atoms with E-state index in [1.54, 1.807) is 35.5 Å². The third kappa shape index (κ3) is 3.42. The summed E-state index contributed by atoms with van der Waals surface area (Å²) >= 11 is 3.24. The summed E-state index contributed by atoms with van der Waals surface area (Å²) in [6.45, 7) is 4.84. The van der Waals surface area contributed by atoms with Gasteiger partial charge in [0.2, 0.25) is 0 Å². The molecule has 0 aromatic carbocycles. The quantitative estimate of drug-likeness (QED) is 0.450. The van der Waals surface area contributed by atoms with E-state index in [0.29, 0.717) is 0 Å². The van der Waals surface area contributed by atoms with E-state index in [0.717, 1.165) is 51.1 Å². The molecule has 8 heteroatoms. The predicted molar refractivity (Wildman–Crippen MR) is 103 cm³/mol. The summed E-state index contributed by atoms with van der Waals surface area (Å²) in [7, 11) is 0. The van der Waals surface area contributed by atoms with E-state index in [9.17, 15) is 0 Å². The van der Waals surface area contributed by atoms with E-state index >= 15 is 0 Å². The van der Waals surface area contributed by atoms with Crippen LogP contribution in [0.1, 0.15) is 18.4 Å². The van der Waals surface area contributed by atoms with E-state index < -0.39 is 0 Å². The van der Waals surface area contributed by atoms with Crippen molar-refractivity contribution >= 4 is 23.1 Å². The van der Waals surface area contributed by atoms with Gasteiger partial charge in [-0.25, -0.2) is 4.98 Å². The topological polar surface area (TPSA) is 69.6 Å². The molecule has 0 atom stereocenters. The van der Waals surface area contributed by atoms with Gasteiger partial charge in [-0.15, -0.1) is 21.5 Å². The second-order valence-electron chi connectivity index (χ2n) is 5.63. The van der Waals surface area contributed by atoms with E-state index in [4.69, 9.17) is 4.42 Å². The average molecular weight is 384 g/mol. The molecule has 0 aliphatic rings. The van der Waals surface area contributed by atoms with Crippen LogP contribution in [-0.4, -0.2) is 24.7 Å². The van der Waals surface area contributed by atoms with Crippen LogP contribution in [0.15, 0.2) is 51.6 Å². The number of thioether (sulfide) groups is 1. The number of rotatable bonds is 6. The van der Waals surface area contributed by atoms with Gasteiger partial charge in [0.05, 0.1) is 5.69 Å². The van der Waals surface area contributed by atoms with Crippen LogP contribution in [0.2, 0.25) is 0 Å². The molecule has 4 heterocycles. The van der Waals surface area contributed by atoms with Gasteiger partial charge >= 0.3 is 0 Å². The first kappa shape index (κ1) is 17.0. The summed E-state index contributed by atoms with van der Waals surface area (Å²) in [6.07, 6.45) is 3.54. The Kier molecular flexibility index (Phi) is 4.85. The highest BCUT2D eigenvalue weighted by Crippen LogP contribution is 2.29. The molecule has 4 rings (SSSR count). The van der Waals surface area contributed by atoms with Crippen molar-refractivity contribution in [2.45, 2.75) is 31.3 Å². The normalized spacial score (nSPS) is 11.2. The zero-order valence-electron chi connectivity index (χ0n) is 14.4. The number of thiazole rings is 1. The lowest BCUT2D eigenvalue weighted by Gasteiger charge is -2.06. The van der Waals surface area contributed by atoms with Crippen molar-refractivity contribution in [2.24, 2.45) is 0 Å². The number of furan rings is 1. The number of nitrogens with zero attached hydrogens (tertiary/aromatic N) is 5. The molecule has 0 aliphatic heterocycles. The third-order valence-corrected chi connectivity index (χ3v) is 5.73. The molecule has 0 saturated carbocycles. The van der Waals surface area contributed by atoms with Crippen LogP contribution in [0.4, 0.5) is 0 Å². The third-order valence-electron chi connectivity index (χ3n) is 3.82. The van der Waals surface area contributed by atoms with Crippen molar-refractivity contribution in [2.75, 3.05) is 0 Å². The number of hydrogen-bond acceptors (Lipinski definition) is 7. The lowest BCUT2D eigenvalue weighted by Crippen LogP contribution is -2.00. The highest BCUT2D eigenvalue weighted by molar-refractivity contribution is 7.98. The summed E-state index contributed by atoms with van der Waals surface area (Å²) in [5.74, 6) is 3.32. The maximum atomic E-state index is 5.64. The number of pyridine rings is 1. The molecule has 4 aromatic rings. The van der Waals surface area contributed by atoms with Crippen molar-refractivity contribution in [3.63, 3.8) is 0 Å². The Hall–Kier alpha value is -2.45. The van der Waals surface area contributed by atoms with Gasteiger partial charge in [0, 0.05) is 35.6 Å². The molecule has 26 heavy (non-hydrogen) atoms. The molecule has 0 aliphatic carbocycles. The minimum Gasteiger partial charge on any atom is -0.459 e. The van der Waals surface area contributed by atoms with Crippen molar-refractivity contribution < 1.29 is 4.42 Å². The molecule has 0 spiro atoms. The average Bonchev–Trinajstić information content (AvgIpc) is 3.39. The van der Waals surface area contributed by atoms with Gasteiger partial charge in [-0.05, 0) is 38.1 Å². The van der Waals surface area contributed by atoms with Gasteiger partial charge in [0.1, 0.15) is 5.76 Å². The van der Waals surface area contributed by atoms with Crippen molar-refractivity contribution in [3.05, 3.63) is 53.5 Å². The van der Waals surface area contributed by atoms with E-state index in [1.807, 2.05) is 31.2 Å². The molecule has 4 aromatic heterocycles. The maximum Gasteiger partial charge on any atom is 0.191 e. The zero-order valence-corrected chi connectivity index (χ0v) is 16.0. The van der Waals surface area contributed by atoms with Crippen LogP contribution < -0.4 is 0 Å². The Balaban J connectivity index is 1.50. The first-order valence-corrected chi connectivity index (χ1v) is 10.1. The smallest absolute Gasteiger partial charge is 0.191 e. The van der Waals surface area contributed by atoms with Crippen LogP contribution in [0.5, 0.6) is 0 Å². The van der Waals surface area contributed by atoms with Gasteiger partial charge in [-0.3, -0.25) is 4.98 Å². The molecule has 0 unspecified atom stereocenters. The van der Waals surface area contributed by atoms with Crippen LogP contribution in [0.25, 0.3) is 22.2 Å². The molecular weight excluding hydrogens is 366 g/mol. The molecule has 0 bridgehead atoms. The molecule has 0 amide bonds. The number of aryl methyl sites for hydroxylation is 1. The van der Waals surface area contributed by atoms with Crippen molar-refractivity contribution in [3.8, 4) is 22.2 Å². The second-order valence-corrected chi connectivity index (χ2v) is 7.43. The lowest BCUT2D eigenvalue weighted by atomic mass is 10.2. The first-order valence-electron chi connectivity index (χ1n) is 8.22. The molecule has 0 fully saturated rings. The van der Waals surface area contributed by atoms with Crippen molar-refractivity contribution in [1.29, 1.82) is 0 Å². The van der Waals surface area contributed by atoms with Gasteiger partial charge < -0.3 is 8.98 Å². The maximum absolute atomic E-state index is 5.64. The largest absolute Gasteiger partial charge is 0.459 e. The Bertz CT molecular complexity index is 1010. The predicted octanol–water partition coefficient (Wildman–Crippen LogP) is 4.68. The minimum atomic E-state index is 0.741. The Morgan fingerprint density at radius 2 is 2.00 bits per heavy atom. The Morgan fingerprint density at radius 1 is 1.15 bits per heavy atom. The molecule has 132 valence electrons. The molecule has 0 radical (unpaired) electrons. The fraction of sp³-hybridized carbons (Fsp3) is 0.222. The van der Waals surface area contributed by atoms with E-state index in [-0.39, 0.29) is 0 Å². The molecular formula is C18H17N5OS2. The lowest BCUT2D eigenvalue weighted by molar-refractivity contribution is 0.548. The summed E-state index contributed by atoms with van der Waals surface area (Å²) < 4.78 is 7.76.